The van der Waals surface area contributed by atoms with Crippen molar-refractivity contribution in [2.24, 2.45) is 0 Å². The Morgan fingerprint density at radius 3 is 2.72 bits per heavy atom. The van der Waals surface area contributed by atoms with Crippen molar-refractivity contribution in [3.63, 3.8) is 0 Å². The van der Waals surface area contributed by atoms with Crippen molar-refractivity contribution >= 4 is 23.3 Å². The fourth-order valence-corrected chi connectivity index (χ4v) is 2.94. The van der Waals surface area contributed by atoms with E-state index in [1.165, 1.54) is 18.4 Å². The van der Waals surface area contributed by atoms with Crippen LogP contribution in [0.4, 0.5) is 4.79 Å². The van der Waals surface area contributed by atoms with E-state index < -0.39 is 12.0 Å². The molecule has 0 radical (unpaired) electrons. The number of carbonyl (C=O) groups excluding carboxylic acids is 2. The summed E-state index contributed by atoms with van der Waals surface area (Å²) < 4.78 is 4.78. The summed E-state index contributed by atoms with van der Waals surface area (Å²) in [7, 11) is 1.33. The highest BCUT2D eigenvalue weighted by molar-refractivity contribution is 7.10. The van der Waals surface area contributed by atoms with Crippen molar-refractivity contribution in [3.8, 4) is 0 Å². The van der Waals surface area contributed by atoms with Crippen molar-refractivity contribution in [1.82, 2.24) is 10.6 Å². The Labute approximate surface area is 109 Å². The standard InChI is InChI=1S/C12H14N2O3S/c1-6-4-5-18-10(6)9-8(11(15)17-3)7(2)13-12(16)14-9/h4-5,9H,1-3H3,(H2,13,14,16)/t9-/m0/s1. The molecule has 1 aromatic heterocycles. The van der Waals surface area contributed by atoms with Crippen LogP contribution in [-0.4, -0.2) is 19.1 Å². The zero-order chi connectivity index (χ0) is 13.3. The van der Waals surface area contributed by atoms with Gasteiger partial charge in [0.15, 0.2) is 0 Å². The molecular formula is C12H14N2O3S. The molecule has 1 aliphatic heterocycles. The Morgan fingerprint density at radius 2 is 2.17 bits per heavy atom. The first-order chi connectivity index (χ1) is 8.54. The van der Waals surface area contributed by atoms with Gasteiger partial charge in [0.1, 0.15) is 0 Å². The topological polar surface area (TPSA) is 67.4 Å². The minimum absolute atomic E-state index is 0.307. The van der Waals surface area contributed by atoms with Gasteiger partial charge in [0, 0.05) is 10.6 Å². The molecule has 1 atom stereocenters. The maximum atomic E-state index is 11.8. The molecular weight excluding hydrogens is 252 g/mol. The summed E-state index contributed by atoms with van der Waals surface area (Å²) in [6.45, 7) is 3.64. The normalized spacial score (nSPS) is 19.3. The van der Waals surface area contributed by atoms with E-state index in [4.69, 9.17) is 4.74 Å². The first-order valence-electron chi connectivity index (χ1n) is 5.45. The number of urea groups is 1. The summed E-state index contributed by atoms with van der Waals surface area (Å²) in [6, 6.07) is 1.21. The Bertz CT molecular complexity index is 533. The van der Waals surface area contributed by atoms with Crippen molar-refractivity contribution in [3.05, 3.63) is 33.2 Å². The summed E-state index contributed by atoms with van der Waals surface area (Å²) in [4.78, 5) is 24.3. The van der Waals surface area contributed by atoms with Crippen LogP contribution < -0.4 is 10.6 Å². The second-order valence-electron chi connectivity index (χ2n) is 4.03. The van der Waals surface area contributed by atoms with Gasteiger partial charge in [0.25, 0.3) is 0 Å². The maximum Gasteiger partial charge on any atom is 0.338 e. The third-order valence-electron chi connectivity index (χ3n) is 2.84. The minimum Gasteiger partial charge on any atom is -0.466 e. The molecule has 5 nitrogen and oxygen atoms in total. The van der Waals surface area contributed by atoms with Crippen molar-refractivity contribution in [2.45, 2.75) is 19.9 Å². The van der Waals surface area contributed by atoms with Gasteiger partial charge in [-0.15, -0.1) is 11.3 Å². The van der Waals surface area contributed by atoms with Crippen molar-refractivity contribution < 1.29 is 14.3 Å². The SMILES string of the molecule is COC(=O)C1=C(C)NC(=O)N[C@@H]1c1sccc1C. The first-order valence-corrected chi connectivity index (χ1v) is 6.33. The molecule has 0 aliphatic carbocycles. The number of rotatable bonds is 2. The van der Waals surface area contributed by atoms with Crippen LogP contribution in [0.2, 0.25) is 0 Å². The number of methoxy groups -OCH3 is 1. The molecule has 1 aliphatic rings. The monoisotopic (exact) mass is 266 g/mol. The zero-order valence-electron chi connectivity index (χ0n) is 10.4. The lowest BCUT2D eigenvalue weighted by Gasteiger charge is -2.27. The Kier molecular flexibility index (Phi) is 3.38. The predicted octanol–water partition coefficient (Wildman–Crippen LogP) is 1.86. The fourth-order valence-electron chi connectivity index (χ4n) is 1.95. The third-order valence-corrected chi connectivity index (χ3v) is 3.92. The molecule has 0 aromatic carbocycles. The van der Waals surface area contributed by atoms with E-state index in [1.807, 2.05) is 18.4 Å². The first kappa shape index (κ1) is 12.6. The number of nitrogens with one attached hydrogen (secondary N) is 2. The molecule has 96 valence electrons. The number of esters is 1. The molecule has 0 fully saturated rings. The largest absolute Gasteiger partial charge is 0.466 e. The summed E-state index contributed by atoms with van der Waals surface area (Å²) in [5, 5.41) is 7.28. The molecule has 6 heteroatoms. The number of aryl methyl sites for hydroxylation is 1. The second kappa shape index (κ2) is 4.81. The second-order valence-corrected chi connectivity index (χ2v) is 4.98. The lowest BCUT2D eigenvalue weighted by molar-refractivity contribution is -0.136. The molecule has 0 bridgehead atoms. The van der Waals surface area contributed by atoms with Crippen LogP contribution >= 0.6 is 11.3 Å². The molecule has 2 N–H and O–H groups in total. The van der Waals surface area contributed by atoms with Gasteiger partial charge in [-0.05, 0) is 30.9 Å². The van der Waals surface area contributed by atoms with Gasteiger partial charge in [-0.2, -0.15) is 0 Å². The predicted molar refractivity (Wildman–Crippen MR) is 68.2 cm³/mol. The van der Waals surface area contributed by atoms with E-state index >= 15 is 0 Å². The van der Waals surface area contributed by atoms with Crippen LogP contribution in [0.3, 0.4) is 0 Å². The van der Waals surface area contributed by atoms with E-state index in [9.17, 15) is 9.59 Å². The number of thiophene rings is 1. The molecule has 18 heavy (non-hydrogen) atoms. The Morgan fingerprint density at radius 1 is 1.44 bits per heavy atom. The lowest BCUT2D eigenvalue weighted by atomic mass is 10.00. The van der Waals surface area contributed by atoms with E-state index in [1.54, 1.807) is 6.92 Å². The van der Waals surface area contributed by atoms with E-state index in [0.29, 0.717) is 11.3 Å². The number of hydrogen-bond acceptors (Lipinski definition) is 4. The average molecular weight is 266 g/mol. The fraction of sp³-hybridized carbons (Fsp3) is 0.333. The molecule has 0 unspecified atom stereocenters. The van der Waals surface area contributed by atoms with Gasteiger partial charge < -0.3 is 15.4 Å². The highest BCUT2D eigenvalue weighted by Gasteiger charge is 2.33. The molecule has 0 saturated heterocycles. The van der Waals surface area contributed by atoms with Gasteiger partial charge in [0.05, 0.1) is 18.7 Å². The molecule has 2 heterocycles. The smallest absolute Gasteiger partial charge is 0.338 e. The maximum absolute atomic E-state index is 11.8. The summed E-state index contributed by atoms with van der Waals surface area (Å²) in [6.07, 6.45) is 0. The van der Waals surface area contributed by atoms with Crippen LogP contribution in [0.15, 0.2) is 22.7 Å². The van der Waals surface area contributed by atoms with Gasteiger partial charge in [0.2, 0.25) is 0 Å². The van der Waals surface area contributed by atoms with Crippen LogP contribution in [0, 0.1) is 6.92 Å². The van der Waals surface area contributed by atoms with Crippen LogP contribution in [0.5, 0.6) is 0 Å². The van der Waals surface area contributed by atoms with Crippen molar-refractivity contribution in [2.75, 3.05) is 7.11 Å². The van der Waals surface area contributed by atoms with Crippen LogP contribution in [0.25, 0.3) is 0 Å². The zero-order valence-corrected chi connectivity index (χ0v) is 11.2. The molecule has 1 aromatic rings. The number of carbonyl (C=O) groups is 2. The van der Waals surface area contributed by atoms with E-state index in [-0.39, 0.29) is 6.03 Å². The van der Waals surface area contributed by atoms with Crippen LogP contribution in [0.1, 0.15) is 23.4 Å². The number of amides is 2. The quantitative estimate of drug-likeness (QED) is 0.803. The average Bonchev–Trinajstić information content (AvgIpc) is 2.73. The summed E-state index contributed by atoms with van der Waals surface area (Å²) in [5.74, 6) is -0.433. The highest BCUT2D eigenvalue weighted by Crippen LogP contribution is 2.32. The molecule has 0 saturated carbocycles. The van der Waals surface area contributed by atoms with Crippen LogP contribution in [-0.2, 0) is 9.53 Å². The number of allylic oxidation sites excluding steroid dienone is 1. The highest BCUT2D eigenvalue weighted by atomic mass is 32.1. The minimum atomic E-state index is -0.439. The number of hydrogen-bond donors (Lipinski definition) is 2. The lowest BCUT2D eigenvalue weighted by Crippen LogP contribution is -2.45. The van der Waals surface area contributed by atoms with Crippen molar-refractivity contribution in [1.29, 1.82) is 0 Å². The molecule has 2 amide bonds. The van der Waals surface area contributed by atoms with E-state index in [2.05, 4.69) is 10.6 Å². The molecule has 0 spiro atoms. The van der Waals surface area contributed by atoms with Gasteiger partial charge in [-0.25, -0.2) is 9.59 Å². The van der Waals surface area contributed by atoms with Gasteiger partial charge >= 0.3 is 12.0 Å². The summed E-state index contributed by atoms with van der Waals surface area (Å²) >= 11 is 1.51. The summed E-state index contributed by atoms with van der Waals surface area (Å²) in [5.41, 5.74) is 2.02. The molecule has 2 rings (SSSR count). The third kappa shape index (κ3) is 2.11. The Hall–Kier alpha value is -1.82. The Balaban J connectivity index is 2.49. The van der Waals surface area contributed by atoms with E-state index in [0.717, 1.165) is 10.4 Å². The van der Waals surface area contributed by atoms with Gasteiger partial charge in [-0.1, -0.05) is 0 Å². The number of ether oxygens (including phenoxy) is 1. The van der Waals surface area contributed by atoms with Gasteiger partial charge in [-0.3, -0.25) is 0 Å².